The molecule has 5 heteroatoms. The zero-order chi connectivity index (χ0) is 16.3. The molecule has 1 saturated carbocycles. The van der Waals surface area contributed by atoms with E-state index in [1.807, 2.05) is 11.0 Å². The van der Waals surface area contributed by atoms with Gasteiger partial charge >= 0.3 is 0 Å². The largest absolute Gasteiger partial charge is 0.395 e. The quantitative estimate of drug-likeness (QED) is 0.919. The first-order valence-electron chi connectivity index (χ1n) is 8.55. The molecule has 2 fully saturated rings. The topological polar surface area (TPSA) is 43.8 Å². The highest BCUT2D eigenvalue weighted by atomic mass is 19.1. The number of hydrogen-bond acceptors (Lipinski definition) is 3. The second-order valence-electron chi connectivity index (χ2n) is 6.63. The maximum absolute atomic E-state index is 14.4. The number of carbonyl (C=O) groups excluding carboxylic acids is 1. The van der Waals surface area contributed by atoms with E-state index >= 15 is 0 Å². The van der Waals surface area contributed by atoms with Gasteiger partial charge in [-0.25, -0.2) is 4.39 Å². The Bertz CT molecular complexity index is 550. The molecule has 0 unspecified atom stereocenters. The van der Waals surface area contributed by atoms with Gasteiger partial charge in [-0.2, -0.15) is 0 Å². The van der Waals surface area contributed by atoms with Gasteiger partial charge < -0.3 is 10.0 Å². The zero-order valence-corrected chi connectivity index (χ0v) is 13.5. The molecule has 3 rings (SSSR count). The lowest BCUT2D eigenvalue weighted by molar-refractivity contribution is -0.139. The van der Waals surface area contributed by atoms with E-state index in [2.05, 4.69) is 4.90 Å². The molecule has 2 aliphatic rings. The number of amides is 1. The molecule has 0 atom stereocenters. The van der Waals surface area contributed by atoms with Gasteiger partial charge in [0.1, 0.15) is 5.82 Å². The van der Waals surface area contributed by atoms with Crippen molar-refractivity contribution in [1.29, 1.82) is 0 Å². The number of halogens is 1. The molecule has 4 nitrogen and oxygen atoms in total. The Labute approximate surface area is 136 Å². The van der Waals surface area contributed by atoms with Gasteiger partial charge in [-0.15, -0.1) is 0 Å². The summed E-state index contributed by atoms with van der Waals surface area (Å²) >= 11 is 0. The Morgan fingerprint density at radius 2 is 1.78 bits per heavy atom. The average Bonchev–Trinajstić information content (AvgIpc) is 3.06. The molecule has 0 bridgehead atoms. The van der Waals surface area contributed by atoms with Crippen LogP contribution in [-0.4, -0.2) is 60.1 Å². The van der Waals surface area contributed by atoms with E-state index in [1.165, 1.54) is 6.07 Å². The number of aliphatic hydroxyl groups is 1. The lowest BCUT2D eigenvalue weighted by atomic mass is 9.77. The van der Waals surface area contributed by atoms with Gasteiger partial charge in [0.05, 0.1) is 12.0 Å². The standard InChI is InChI=1S/C18H25FN2O2/c19-16-6-2-1-5-15(16)18(7-3-4-8-18)17(23)21-11-9-20(10-12-21)13-14-22/h1-2,5-6,22H,3-4,7-14H2. The average molecular weight is 320 g/mol. The predicted molar refractivity (Wildman–Crippen MR) is 86.7 cm³/mol. The molecule has 1 saturated heterocycles. The Morgan fingerprint density at radius 1 is 1.13 bits per heavy atom. The molecule has 1 heterocycles. The minimum Gasteiger partial charge on any atom is -0.395 e. The molecule has 126 valence electrons. The molecule has 1 aromatic carbocycles. The second-order valence-corrected chi connectivity index (χ2v) is 6.63. The van der Waals surface area contributed by atoms with Crippen molar-refractivity contribution in [1.82, 2.24) is 9.80 Å². The van der Waals surface area contributed by atoms with Gasteiger partial charge in [-0.05, 0) is 18.9 Å². The fourth-order valence-electron chi connectivity index (χ4n) is 4.04. The van der Waals surface area contributed by atoms with Crippen LogP contribution in [0.5, 0.6) is 0 Å². The van der Waals surface area contributed by atoms with Gasteiger partial charge in [-0.1, -0.05) is 31.0 Å². The van der Waals surface area contributed by atoms with Crippen molar-refractivity contribution in [2.24, 2.45) is 0 Å². The number of carbonyl (C=O) groups is 1. The van der Waals surface area contributed by atoms with Gasteiger partial charge in [0.15, 0.2) is 0 Å². The number of piperazine rings is 1. The minimum atomic E-state index is -0.676. The third kappa shape index (κ3) is 3.12. The molecule has 0 spiro atoms. The Morgan fingerprint density at radius 3 is 2.39 bits per heavy atom. The first kappa shape index (κ1) is 16.4. The lowest BCUT2D eigenvalue weighted by Gasteiger charge is -2.40. The summed E-state index contributed by atoms with van der Waals surface area (Å²) in [5.41, 5.74) is -0.106. The first-order valence-corrected chi connectivity index (χ1v) is 8.55. The van der Waals surface area contributed by atoms with Crippen molar-refractivity contribution < 1.29 is 14.3 Å². The van der Waals surface area contributed by atoms with E-state index in [4.69, 9.17) is 5.11 Å². The molecular formula is C18H25FN2O2. The summed E-state index contributed by atoms with van der Waals surface area (Å²) in [4.78, 5) is 17.3. The van der Waals surface area contributed by atoms with E-state index < -0.39 is 5.41 Å². The summed E-state index contributed by atoms with van der Waals surface area (Å²) in [6.45, 7) is 3.68. The van der Waals surface area contributed by atoms with Gasteiger partial charge in [-0.3, -0.25) is 9.69 Å². The lowest BCUT2D eigenvalue weighted by Crippen LogP contribution is -2.54. The summed E-state index contributed by atoms with van der Waals surface area (Å²) in [7, 11) is 0. The van der Waals surface area contributed by atoms with Crippen molar-refractivity contribution in [2.45, 2.75) is 31.1 Å². The van der Waals surface area contributed by atoms with Crippen LogP contribution in [0, 0.1) is 5.82 Å². The molecule has 0 radical (unpaired) electrons. The van der Waals surface area contributed by atoms with Gasteiger partial charge in [0, 0.05) is 38.3 Å². The van der Waals surface area contributed by atoms with Crippen molar-refractivity contribution >= 4 is 5.91 Å². The fourth-order valence-corrected chi connectivity index (χ4v) is 4.04. The van der Waals surface area contributed by atoms with E-state index in [0.29, 0.717) is 25.2 Å². The van der Waals surface area contributed by atoms with Crippen LogP contribution in [0.4, 0.5) is 4.39 Å². The maximum atomic E-state index is 14.4. The van der Waals surface area contributed by atoms with E-state index in [0.717, 1.165) is 38.8 Å². The molecule has 1 aromatic rings. The van der Waals surface area contributed by atoms with Gasteiger partial charge in [0.2, 0.25) is 5.91 Å². The van der Waals surface area contributed by atoms with E-state index in [-0.39, 0.29) is 18.3 Å². The summed E-state index contributed by atoms with van der Waals surface area (Å²) in [5, 5.41) is 9.02. The Hall–Kier alpha value is -1.46. The molecule has 1 amide bonds. The monoisotopic (exact) mass is 320 g/mol. The summed E-state index contributed by atoms with van der Waals surface area (Å²) in [6, 6.07) is 6.74. The van der Waals surface area contributed by atoms with Crippen LogP contribution >= 0.6 is 0 Å². The van der Waals surface area contributed by atoms with Crippen LogP contribution in [-0.2, 0) is 10.2 Å². The van der Waals surface area contributed by atoms with Crippen molar-refractivity contribution in [2.75, 3.05) is 39.3 Å². The predicted octanol–water partition coefficient (Wildman–Crippen LogP) is 1.77. The Balaban J connectivity index is 1.80. The van der Waals surface area contributed by atoms with Crippen LogP contribution in [0.1, 0.15) is 31.2 Å². The third-order valence-electron chi connectivity index (χ3n) is 5.33. The van der Waals surface area contributed by atoms with Crippen LogP contribution in [0.25, 0.3) is 0 Å². The number of rotatable bonds is 4. The molecule has 0 aromatic heterocycles. The van der Waals surface area contributed by atoms with Crippen LogP contribution in [0.3, 0.4) is 0 Å². The molecule has 1 aliphatic heterocycles. The highest BCUT2D eigenvalue weighted by Crippen LogP contribution is 2.43. The van der Waals surface area contributed by atoms with E-state index in [1.54, 1.807) is 12.1 Å². The highest BCUT2D eigenvalue weighted by molar-refractivity contribution is 5.88. The van der Waals surface area contributed by atoms with Gasteiger partial charge in [0.25, 0.3) is 0 Å². The maximum Gasteiger partial charge on any atom is 0.233 e. The zero-order valence-electron chi connectivity index (χ0n) is 13.5. The van der Waals surface area contributed by atoms with Crippen LogP contribution in [0.15, 0.2) is 24.3 Å². The smallest absolute Gasteiger partial charge is 0.233 e. The van der Waals surface area contributed by atoms with Crippen LogP contribution in [0.2, 0.25) is 0 Å². The number of β-amino-alcohol motifs (C(OH)–C–C–N with tert-alkyl or cyclic N) is 1. The normalized spacial score (nSPS) is 21.6. The molecular weight excluding hydrogens is 295 g/mol. The summed E-state index contributed by atoms with van der Waals surface area (Å²) in [5.74, 6) is -0.176. The number of aliphatic hydroxyl groups excluding tert-OH is 1. The van der Waals surface area contributed by atoms with Crippen molar-refractivity contribution in [3.63, 3.8) is 0 Å². The second kappa shape index (κ2) is 6.97. The van der Waals surface area contributed by atoms with Crippen LogP contribution < -0.4 is 0 Å². The number of hydrogen-bond donors (Lipinski definition) is 1. The molecule has 1 N–H and O–H groups in total. The fraction of sp³-hybridized carbons (Fsp3) is 0.611. The van der Waals surface area contributed by atoms with Crippen molar-refractivity contribution in [3.05, 3.63) is 35.6 Å². The molecule has 23 heavy (non-hydrogen) atoms. The number of benzene rings is 1. The Kier molecular flexibility index (Phi) is 4.97. The van der Waals surface area contributed by atoms with E-state index in [9.17, 15) is 9.18 Å². The number of nitrogens with zero attached hydrogens (tertiary/aromatic N) is 2. The summed E-state index contributed by atoms with van der Waals surface area (Å²) in [6.07, 6.45) is 3.43. The van der Waals surface area contributed by atoms with Crippen molar-refractivity contribution in [3.8, 4) is 0 Å². The minimum absolute atomic E-state index is 0.0868. The first-order chi connectivity index (χ1) is 11.2. The highest BCUT2D eigenvalue weighted by Gasteiger charge is 2.46. The SMILES string of the molecule is O=C(N1CCN(CCO)CC1)C1(c2ccccc2F)CCCC1. The summed E-state index contributed by atoms with van der Waals surface area (Å²) < 4.78 is 14.4. The third-order valence-corrected chi connectivity index (χ3v) is 5.33. The molecule has 1 aliphatic carbocycles.